The minimum Gasteiger partial charge on any atom is -0.399 e. The highest BCUT2D eigenvalue weighted by Gasteiger charge is 1.97. The molecule has 0 unspecified atom stereocenters. The van der Waals surface area contributed by atoms with Gasteiger partial charge in [-0.05, 0) is 18.2 Å². The second-order valence-corrected chi connectivity index (χ2v) is 4.11. The summed E-state index contributed by atoms with van der Waals surface area (Å²) in [6.45, 7) is 0. The Morgan fingerprint density at radius 1 is 1.27 bits per heavy atom. The molecule has 4 heteroatoms. The highest BCUT2D eigenvalue weighted by atomic mass is 32.2. The van der Waals surface area contributed by atoms with Crippen LogP contribution in [0, 0.1) is 0 Å². The van der Waals surface area contributed by atoms with Crippen molar-refractivity contribution in [2.45, 2.75) is 10.6 Å². The van der Waals surface area contributed by atoms with E-state index in [4.69, 9.17) is 5.73 Å². The average Bonchev–Trinajstić information content (AvgIpc) is 2.28. The van der Waals surface area contributed by atoms with Crippen LogP contribution in [0.15, 0.2) is 47.8 Å². The normalized spacial score (nSPS) is 10.1. The molecule has 2 rings (SSSR count). The Morgan fingerprint density at radius 3 is 2.93 bits per heavy atom. The maximum absolute atomic E-state index is 5.69. The van der Waals surface area contributed by atoms with Crippen LogP contribution in [0.3, 0.4) is 0 Å². The standard InChI is InChI=1S/C11H11N3S/c12-9-2-1-3-11(6-9)15-8-10-7-13-4-5-14-10/h1-7H,8,12H2. The van der Waals surface area contributed by atoms with Crippen molar-refractivity contribution in [3.63, 3.8) is 0 Å². The van der Waals surface area contributed by atoms with Gasteiger partial charge in [-0.3, -0.25) is 9.97 Å². The first-order valence-corrected chi connectivity index (χ1v) is 5.56. The first-order chi connectivity index (χ1) is 7.34. The molecule has 0 aliphatic carbocycles. The van der Waals surface area contributed by atoms with Crippen LogP contribution in [0.2, 0.25) is 0 Å². The lowest BCUT2D eigenvalue weighted by Gasteiger charge is -2.01. The molecule has 3 nitrogen and oxygen atoms in total. The summed E-state index contributed by atoms with van der Waals surface area (Å²) in [6, 6.07) is 7.83. The number of nitrogens with two attached hydrogens (primary N) is 1. The summed E-state index contributed by atoms with van der Waals surface area (Å²) in [5, 5.41) is 0. The van der Waals surface area contributed by atoms with E-state index in [0.29, 0.717) is 0 Å². The molecule has 1 aromatic carbocycles. The van der Waals surface area contributed by atoms with E-state index < -0.39 is 0 Å². The molecule has 0 radical (unpaired) electrons. The average molecular weight is 217 g/mol. The zero-order valence-electron chi connectivity index (χ0n) is 8.13. The smallest absolute Gasteiger partial charge is 0.0689 e. The van der Waals surface area contributed by atoms with Gasteiger partial charge in [0.25, 0.3) is 0 Å². The van der Waals surface area contributed by atoms with Crippen LogP contribution in [-0.2, 0) is 5.75 Å². The molecule has 0 amide bonds. The second-order valence-electron chi connectivity index (χ2n) is 3.06. The number of anilines is 1. The predicted octanol–water partition coefficient (Wildman–Crippen LogP) is 2.35. The molecule has 0 bridgehead atoms. The molecule has 0 aliphatic rings. The summed E-state index contributed by atoms with van der Waals surface area (Å²) in [5.74, 6) is 0.817. The van der Waals surface area contributed by atoms with Gasteiger partial charge in [-0.1, -0.05) is 6.07 Å². The summed E-state index contributed by atoms with van der Waals surface area (Å²) in [7, 11) is 0. The van der Waals surface area contributed by atoms with Crippen LogP contribution >= 0.6 is 11.8 Å². The van der Waals surface area contributed by atoms with Gasteiger partial charge in [0.05, 0.1) is 5.69 Å². The fourth-order valence-corrected chi connectivity index (χ4v) is 2.02. The summed E-state index contributed by atoms with van der Waals surface area (Å²) in [6.07, 6.45) is 5.16. The number of nitrogen functional groups attached to an aromatic ring is 1. The van der Waals surface area contributed by atoms with E-state index in [9.17, 15) is 0 Å². The van der Waals surface area contributed by atoms with Crippen molar-refractivity contribution in [1.82, 2.24) is 9.97 Å². The van der Waals surface area contributed by atoms with Gasteiger partial charge in [0.15, 0.2) is 0 Å². The molecular weight excluding hydrogens is 206 g/mol. The molecule has 0 spiro atoms. The van der Waals surface area contributed by atoms with Gasteiger partial charge >= 0.3 is 0 Å². The Labute approximate surface area is 92.8 Å². The van der Waals surface area contributed by atoms with Crippen LogP contribution in [0.1, 0.15) is 5.69 Å². The number of hydrogen-bond acceptors (Lipinski definition) is 4. The van der Waals surface area contributed by atoms with Crippen molar-refractivity contribution in [2.24, 2.45) is 0 Å². The summed E-state index contributed by atoms with van der Waals surface area (Å²) < 4.78 is 0. The number of aromatic nitrogens is 2. The molecule has 1 heterocycles. The van der Waals surface area contributed by atoms with Crippen LogP contribution in [-0.4, -0.2) is 9.97 Å². The molecule has 0 fully saturated rings. The minimum absolute atomic E-state index is 0.791. The first-order valence-electron chi connectivity index (χ1n) is 4.58. The molecule has 2 aromatic rings. The van der Waals surface area contributed by atoms with Crippen molar-refractivity contribution in [3.05, 3.63) is 48.5 Å². The maximum Gasteiger partial charge on any atom is 0.0689 e. The third-order valence-corrected chi connectivity index (χ3v) is 2.89. The number of thioether (sulfide) groups is 1. The molecule has 76 valence electrons. The van der Waals surface area contributed by atoms with Crippen molar-refractivity contribution in [2.75, 3.05) is 5.73 Å². The Hall–Kier alpha value is -1.55. The van der Waals surface area contributed by atoms with E-state index in [1.165, 1.54) is 0 Å². The van der Waals surface area contributed by atoms with E-state index in [2.05, 4.69) is 9.97 Å². The van der Waals surface area contributed by atoms with Gasteiger partial charge in [-0.2, -0.15) is 0 Å². The van der Waals surface area contributed by atoms with Crippen molar-refractivity contribution < 1.29 is 0 Å². The second kappa shape index (κ2) is 4.79. The lowest BCUT2D eigenvalue weighted by Crippen LogP contribution is -1.88. The molecule has 15 heavy (non-hydrogen) atoms. The molecular formula is C11H11N3S. The molecule has 0 atom stereocenters. The van der Waals surface area contributed by atoms with E-state index in [1.54, 1.807) is 30.4 Å². The fourth-order valence-electron chi connectivity index (χ4n) is 1.17. The van der Waals surface area contributed by atoms with E-state index >= 15 is 0 Å². The van der Waals surface area contributed by atoms with Gasteiger partial charge in [0.1, 0.15) is 0 Å². The topological polar surface area (TPSA) is 51.8 Å². The van der Waals surface area contributed by atoms with E-state index in [0.717, 1.165) is 22.0 Å². The predicted molar refractivity (Wildman–Crippen MR) is 62.4 cm³/mol. The molecule has 0 aliphatic heterocycles. The Morgan fingerprint density at radius 2 is 2.20 bits per heavy atom. The Balaban J connectivity index is 1.99. The molecule has 2 N–H and O–H groups in total. The largest absolute Gasteiger partial charge is 0.399 e. The van der Waals surface area contributed by atoms with Crippen LogP contribution in [0.4, 0.5) is 5.69 Å². The highest BCUT2D eigenvalue weighted by molar-refractivity contribution is 7.98. The summed E-state index contributed by atoms with van der Waals surface area (Å²) in [4.78, 5) is 9.37. The minimum atomic E-state index is 0.791. The quantitative estimate of drug-likeness (QED) is 0.633. The zero-order chi connectivity index (χ0) is 10.5. The summed E-state index contributed by atoms with van der Waals surface area (Å²) in [5.41, 5.74) is 7.45. The van der Waals surface area contributed by atoms with Crippen LogP contribution in [0.5, 0.6) is 0 Å². The Kier molecular flexibility index (Phi) is 3.19. The first kappa shape index (κ1) is 9.98. The van der Waals surface area contributed by atoms with E-state index in [1.807, 2.05) is 24.3 Å². The van der Waals surface area contributed by atoms with Gasteiger partial charge in [0, 0.05) is 34.9 Å². The molecule has 1 aromatic heterocycles. The maximum atomic E-state index is 5.69. The number of hydrogen-bond donors (Lipinski definition) is 1. The van der Waals surface area contributed by atoms with Crippen molar-refractivity contribution in [1.29, 1.82) is 0 Å². The SMILES string of the molecule is Nc1cccc(SCc2cnccn2)c1. The zero-order valence-corrected chi connectivity index (χ0v) is 8.95. The third kappa shape index (κ3) is 2.95. The van der Waals surface area contributed by atoms with E-state index in [-0.39, 0.29) is 0 Å². The molecule has 0 saturated heterocycles. The molecule has 0 saturated carbocycles. The number of benzene rings is 1. The van der Waals surface area contributed by atoms with Crippen molar-refractivity contribution >= 4 is 17.4 Å². The number of nitrogens with zero attached hydrogens (tertiary/aromatic N) is 2. The van der Waals surface area contributed by atoms with Crippen LogP contribution in [0.25, 0.3) is 0 Å². The van der Waals surface area contributed by atoms with Crippen LogP contribution < -0.4 is 5.73 Å². The highest BCUT2D eigenvalue weighted by Crippen LogP contribution is 2.22. The third-order valence-electron chi connectivity index (χ3n) is 1.86. The Bertz CT molecular complexity index is 431. The van der Waals surface area contributed by atoms with Gasteiger partial charge in [-0.15, -0.1) is 11.8 Å². The van der Waals surface area contributed by atoms with Gasteiger partial charge < -0.3 is 5.73 Å². The number of rotatable bonds is 3. The van der Waals surface area contributed by atoms with Crippen molar-refractivity contribution in [3.8, 4) is 0 Å². The lowest BCUT2D eigenvalue weighted by atomic mass is 10.3. The van der Waals surface area contributed by atoms with Gasteiger partial charge in [0.2, 0.25) is 0 Å². The summed E-state index contributed by atoms with van der Waals surface area (Å²) >= 11 is 1.71. The monoisotopic (exact) mass is 217 g/mol. The fraction of sp³-hybridized carbons (Fsp3) is 0.0909. The lowest BCUT2D eigenvalue weighted by molar-refractivity contribution is 1.10. The van der Waals surface area contributed by atoms with Gasteiger partial charge in [-0.25, -0.2) is 0 Å².